The van der Waals surface area contributed by atoms with Gasteiger partial charge in [-0.1, -0.05) is 30.3 Å². The predicted octanol–water partition coefficient (Wildman–Crippen LogP) is 3.64. The van der Waals surface area contributed by atoms with Crippen LogP contribution in [0.1, 0.15) is 26.3 Å². The molecule has 0 aliphatic heterocycles. The number of hydrogen-bond donors (Lipinski definition) is 1. The van der Waals surface area contributed by atoms with E-state index in [9.17, 15) is 18.0 Å². The lowest BCUT2D eigenvalue weighted by atomic mass is 10.1. The molecule has 0 spiro atoms. The van der Waals surface area contributed by atoms with E-state index in [2.05, 4.69) is 14.2 Å². The molecule has 166 valence electrons. The highest BCUT2D eigenvalue weighted by Crippen LogP contribution is 2.24. The third-order valence-corrected chi connectivity index (χ3v) is 5.87. The first-order valence-electron chi connectivity index (χ1n) is 9.44. The second-order valence-electron chi connectivity index (χ2n) is 6.60. The monoisotopic (exact) mass is 455 g/mol. The van der Waals surface area contributed by atoms with E-state index in [0.717, 1.165) is 18.7 Å². The van der Waals surface area contributed by atoms with Crippen molar-refractivity contribution in [3.05, 3.63) is 89.5 Å². The molecule has 0 aliphatic rings. The zero-order valence-corrected chi connectivity index (χ0v) is 18.2. The normalized spacial score (nSPS) is 10.8. The molecule has 9 heteroatoms. The largest absolute Gasteiger partial charge is 0.489 e. The number of benzene rings is 3. The van der Waals surface area contributed by atoms with Crippen LogP contribution in [0.2, 0.25) is 0 Å². The number of ether oxygens (including phenoxy) is 3. The van der Waals surface area contributed by atoms with E-state index in [4.69, 9.17) is 4.74 Å². The van der Waals surface area contributed by atoms with E-state index >= 15 is 0 Å². The molecule has 0 radical (unpaired) electrons. The number of hydrogen-bond acceptors (Lipinski definition) is 7. The summed E-state index contributed by atoms with van der Waals surface area (Å²) in [4.78, 5) is 23.5. The molecule has 3 aromatic rings. The van der Waals surface area contributed by atoms with Crippen molar-refractivity contribution in [2.75, 3.05) is 18.9 Å². The Morgan fingerprint density at radius 3 is 2.12 bits per heavy atom. The summed E-state index contributed by atoms with van der Waals surface area (Å²) in [7, 11) is -1.93. The van der Waals surface area contributed by atoms with Crippen LogP contribution in [0.3, 0.4) is 0 Å². The number of esters is 2. The molecule has 0 aliphatic carbocycles. The summed E-state index contributed by atoms with van der Waals surface area (Å²) in [5.74, 6) is -1.04. The first-order valence-corrected chi connectivity index (χ1v) is 10.9. The van der Waals surface area contributed by atoms with Gasteiger partial charge >= 0.3 is 11.9 Å². The van der Waals surface area contributed by atoms with E-state index < -0.39 is 26.9 Å². The zero-order chi connectivity index (χ0) is 23.1. The maximum Gasteiger partial charge on any atom is 0.339 e. The van der Waals surface area contributed by atoms with Gasteiger partial charge in [0, 0.05) is 5.69 Å². The topological polar surface area (TPSA) is 108 Å². The molecule has 0 heterocycles. The molecule has 0 saturated carbocycles. The van der Waals surface area contributed by atoms with Gasteiger partial charge in [0.25, 0.3) is 10.0 Å². The van der Waals surface area contributed by atoms with Crippen LogP contribution >= 0.6 is 0 Å². The van der Waals surface area contributed by atoms with Gasteiger partial charge < -0.3 is 14.2 Å². The summed E-state index contributed by atoms with van der Waals surface area (Å²) < 4.78 is 43.4. The van der Waals surface area contributed by atoms with Crippen molar-refractivity contribution in [2.24, 2.45) is 0 Å². The average molecular weight is 455 g/mol. The fourth-order valence-electron chi connectivity index (χ4n) is 2.84. The Hall–Kier alpha value is -3.85. The van der Waals surface area contributed by atoms with Gasteiger partial charge in [0.15, 0.2) is 0 Å². The second kappa shape index (κ2) is 9.97. The van der Waals surface area contributed by atoms with Crippen molar-refractivity contribution in [3.8, 4) is 5.75 Å². The SMILES string of the molecule is COC(=O)c1ccc(C(=O)OC)c(S(=O)(=O)Nc2ccc(OCc3ccccc3)cc2)c1. The lowest BCUT2D eigenvalue weighted by molar-refractivity contribution is 0.0583. The van der Waals surface area contributed by atoms with E-state index in [1.165, 1.54) is 31.4 Å². The van der Waals surface area contributed by atoms with Crippen LogP contribution < -0.4 is 9.46 Å². The standard InChI is InChI=1S/C23H21NO7S/c1-29-22(25)17-8-13-20(23(26)30-2)21(14-17)32(27,28)24-18-9-11-19(12-10-18)31-15-16-6-4-3-5-7-16/h3-14,24H,15H2,1-2H3. The van der Waals surface area contributed by atoms with Gasteiger partial charge in [-0.15, -0.1) is 0 Å². The molecule has 32 heavy (non-hydrogen) atoms. The molecule has 0 saturated heterocycles. The Morgan fingerprint density at radius 2 is 1.50 bits per heavy atom. The fourth-order valence-corrected chi connectivity index (χ4v) is 4.12. The van der Waals surface area contributed by atoms with Gasteiger partial charge in [0.1, 0.15) is 17.3 Å². The van der Waals surface area contributed by atoms with Gasteiger partial charge in [0.2, 0.25) is 0 Å². The molecule has 0 aromatic heterocycles. The van der Waals surface area contributed by atoms with E-state index in [1.54, 1.807) is 12.1 Å². The maximum atomic E-state index is 13.0. The molecular formula is C23H21NO7S. The summed E-state index contributed by atoms with van der Waals surface area (Å²) in [5.41, 5.74) is 1.01. The first kappa shape index (κ1) is 22.8. The molecule has 0 unspecified atom stereocenters. The summed E-state index contributed by atoms with van der Waals surface area (Å²) in [6.07, 6.45) is 0. The Kier molecular flexibility index (Phi) is 7.11. The van der Waals surface area contributed by atoms with Crippen LogP contribution in [0.4, 0.5) is 5.69 Å². The van der Waals surface area contributed by atoms with Crippen molar-refractivity contribution in [2.45, 2.75) is 11.5 Å². The van der Waals surface area contributed by atoms with Gasteiger partial charge in [-0.2, -0.15) is 0 Å². The smallest absolute Gasteiger partial charge is 0.339 e. The minimum atomic E-state index is -4.23. The van der Waals surface area contributed by atoms with Crippen LogP contribution in [0, 0.1) is 0 Å². The van der Waals surface area contributed by atoms with Crippen molar-refractivity contribution in [1.82, 2.24) is 0 Å². The average Bonchev–Trinajstić information content (AvgIpc) is 2.82. The quantitative estimate of drug-likeness (QED) is 0.517. The van der Waals surface area contributed by atoms with Crippen LogP contribution in [0.15, 0.2) is 77.7 Å². The minimum absolute atomic E-state index is 0.0230. The van der Waals surface area contributed by atoms with Gasteiger partial charge in [-0.3, -0.25) is 4.72 Å². The van der Waals surface area contributed by atoms with Crippen LogP contribution in [-0.4, -0.2) is 34.6 Å². The third-order valence-electron chi connectivity index (χ3n) is 4.45. The van der Waals surface area contributed by atoms with Crippen LogP contribution in [0.5, 0.6) is 5.75 Å². The van der Waals surface area contributed by atoms with Crippen LogP contribution in [0.25, 0.3) is 0 Å². The Bertz CT molecular complexity index is 1210. The molecule has 0 atom stereocenters. The van der Waals surface area contributed by atoms with Gasteiger partial charge in [0.05, 0.1) is 25.3 Å². The first-order chi connectivity index (χ1) is 15.3. The lowest BCUT2D eigenvalue weighted by Crippen LogP contribution is -2.18. The number of anilines is 1. The van der Waals surface area contributed by atoms with Crippen LogP contribution in [-0.2, 0) is 26.1 Å². The van der Waals surface area contributed by atoms with Crippen molar-refractivity contribution in [3.63, 3.8) is 0 Å². The molecule has 0 fully saturated rings. The van der Waals surface area contributed by atoms with Gasteiger partial charge in [-0.05, 0) is 48.0 Å². The summed E-state index contributed by atoms with van der Waals surface area (Å²) in [5, 5.41) is 0. The zero-order valence-electron chi connectivity index (χ0n) is 17.4. The highest BCUT2D eigenvalue weighted by molar-refractivity contribution is 7.92. The molecule has 0 bridgehead atoms. The Morgan fingerprint density at radius 1 is 0.844 bits per heavy atom. The number of carbonyl (C=O) groups excluding carboxylic acids is 2. The van der Waals surface area contributed by atoms with Gasteiger partial charge in [-0.25, -0.2) is 18.0 Å². The number of methoxy groups -OCH3 is 2. The number of carbonyl (C=O) groups is 2. The molecule has 1 N–H and O–H groups in total. The maximum absolute atomic E-state index is 13.0. The predicted molar refractivity (Wildman–Crippen MR) is 117 cm³/mol. The molecule has 3 rings (SSSR count). The van der Waals surface area contributed by atoms with E-state index in [1.807, 2.05) is 30.3 Å². The Balaban J connectivity index is 1.82. The second-order valence-corrected chi connectivity index (χ2v) is 8.25. The van der Waals surface area contributed by atoms with E-state index in [-0.39, 0.29) is 16.8 Å². The highest BCUT2D eigenvalue weighted by atomic mass is 32.2. The highest BCUT2D eigenvalue weighted by Gasteiger charge is 2.25. The number of sulfonamides is 1. The number of rotatable bonds is 8. The molecule has 8 nitrogen and oxygen atoms in total. The lowest BCUT2D eigenvalue weighted by Gasteiger charge is -2.13. The molecule has 0 amide bonds. The molecule has 3 aromatic carbocycles. The van der Waals surface area contributed by atoms with E-state index in [0.29, 0.717) is 12.4 Å². The summed E-state index contributed by atoms with van der Waals surface area (Å²) in [6, 6.07) is 19.5. The number of nitrogens with one attached hydrogen (secondary N) is 1. The molecular weight excluding hydrogens is 434 g/mol. The summed E-state index contributed by atoms with van der Waals surface area (Å²) >= 11 is 0. The minimum Gasteiger partial charge on any atom is -0.489 e. The third kappa shape index (κ3) is 5.44. The van der Waals surface area contributed by atoms with Crippen molar-refractivity contribution in [1.29, 1.82) is 0 Å². The van der Waals surface area contributed by atoms with Crippen molar-refractivity contribution >= 4 is 27.6 Å². The Labute approximate surface area is 185 Å². The fraction of sp³-hybridized carbons (Fsp3) is 0.130. The summed E-state index contributed by atoms with van der Waals surface area (Å²) in [6.45, 7) is 0.370. The van der Waals surface area contributed by atoms with Crippen molar-refractivity contribution < 1.29 is 32.2 Å².